The fraction of sp³-hybridized carbons (Fsp3) is 0.534. The highest BCUT2D eigenvalue weighted by Crippen LogP contribution is 2.45. The number of nitrogens with zero attached hydrogens (tertiary/aromatic N) is 4. The van der Waals surface area contributed by atoms with Gasteiger partial charge in [-0.25, -0.2) is 21.6 Å². The van der Waals surface area contributed by atoms with E-state index in [1.165, 1.54) is 79.4 Å². The summed E-state index contributed by atoms with van der Waals surface area (Å²) in [4.78, 5) is 22.2. The minimum Gasteiger partial charge on any atom is -0.380 e. The van der Waals surface area contributed by atoms with Crippen LogP contribution in [-0.4, -0.2) is 152 Å². The van der Waals surface area contributed by atoms with E-state index >= 15 is 0 Å². The van der Waals surface area contributed by atoms with Crippen LogP contribution in [0.3, 0.4) is 0 Å². The number of sulfonamides is 1. The van der Waals surface area contributed by atoms with E-state index in [1.807, 2.05) is 47.2 Å². The Bertz CT molecular complexity index is 2980. The average Bonchev–Trinajstić information content (AvgIpc) is 4.08. The number of amides is 1. The largest absolute Gasteiger partial charge is 0.501 e. The molecule has 6 aliphatic rings. The summed E-state index contributed by atoms with van der Waals surface area (Å²) in [6, 6.07) is 26.5. The molecule has 4 atom stereocenters. The molecule has 13 nitrogen and oxygen atoms in total. The van der Waals surface area contributed by atoms with Gasteiger partial charge in [-0.1, -0.05) is 54.4 Å². The first-order chi connectivity index (χ1) is 37.4. The van der Waals surface area contributed by atoms with Crippen molar-refractivity contribution < 1.29 is 39.5 Å². The number of carbonyl (C=O) groups is 1. The average molecular weight is 1190 g/mol. The van der Waals surface area contributed by atoms with Gasteiger partial charge in [0.05, 0.1) is 23.3 Å². The number of benzene rings is 4. The van der Waals surface area contributed by atoms with Crippen LogP contribution in [0.15, 0.2) is 117 Å². The van der Waals surface area contributed by atoms with Crippen LogP contribution in [0.25, 0.3) is 5.57 Å². The molecule has 3 N–H and O–H groups in total. The van der Waals surface area contributed by atoms with Gasteiger partial charge in [-0.2, -0.15) is 13.2 Å². The number of alkyl halides is 3. The lowest BCUT2D eigenvalue weighted by Crippen LogP contribution is -2.48. The van der Waals surface area contributed by atoms with Crippen molar-refractivity contribution in [1.82, 2.24) is 24.7 Å². The van der Waals surface area contributed by atoms with Crippen LogP contribution >= 0.6 is 35.8 Å². The molecular formula is C58H74Cl2F3N7O6S3. The number of sulfone groups is 1. The zero-order valence-electron chi connectivity index (χ0n) is 44.8. The number of fused-ring (bicyclic) bond motifs is 2. The highest BCUT2D eigenvalue weighted by molar-refractivity contribution is 7.99. The molecule has 4 aromatic rings. The Morgan fingerprint density at radius 1 is 0.873 bits per heavy atom. The zero-order valence-corrected chi connectivity index (χ0v) is 48.8. The number of allylic oxidation sites excluding steroid dienone is 1. The molecule has 2 bridgehead atoms. The maximum atomic E-state index is 14.3. The molecule has 10 rings (SSSR count). The van der Waals surface area contributed by atoms with E-state index in [0.717, 1.165) is 124 Å². The normalized spacial score (nSPS) is 23.6. The summed E-state index contributed by atoms with van der Waals surface area (Å²) in [5.41, 5.74) is -0.929. The molecule has 430 valence electrons. The molecule has 1 aliphatic carbocycles. The third kappa shape index (κ3) is 14.7. The number of hydrogen-bond acceptors (Lipinski definition) is 13. The van der Waals surface area contributed by atoms with Crippen molar-refractivity contribution in [3.05, 3.63) is 119 Å². The molecule has 5 fully saturated rings. The molecule has 1 amide bonds. The molecule has 79 heavy (non-hydrogen) atoms. The van der Waals surface area contributed by atoms with Crippen molar-refractivity contribution in [3.63, 3.8) is 0 Å². The van der Waals surface area contributed by atoms with Crippen molar-refractivity contribution in [2.24, 2.45) is 17.3 Å². The Labute approximate surface area is 480 Å². The van der Waals surface area contributed by atoms with Gasteiger partial charge in [0.2, 0.25) is 0 Å². The highest BCUT2D eigenvalue weighted by atomic mass is 35.5. The second kappa shape index (κ2) is 25.7. The van der Waals surface area contributed by atoms with Gasteiger partial charge < -0.3 is 25.2 Å². The Morgan fingerprint density at radius 3 is 2.23 bits per heavy atom. The molecule has 0 aromatic heterocycles. The molecule has 0 saturated carbocycles. The lowest BCUT2D eigenvalue weighted by molar-refractivity contribution is -0.0435. The number of nitrogens with one attached hydrogen (secondary N) is 3. The van der Waals surface area contributed by atoms with E-state index in [0.29, 0.717) is 31.4 Å². The van der Waals surface area contributed by atoms with Crippen molar-refractivity contribution in [1.29, 1.82) is 0 Å². The first-order valence-corrected chi connectivity index (χ1v) is 32.0. The third-order valence-corrected chi connectivity index (χ3v) is 21.5. The summed E-state index contributed by atoms with van der Waals surface area (Å²) >= 11 is 7.82. The number of likely N-dealkylation sites (tertiary alicyclic amines) is 2. The SMILES string of the molecule is CC1(CN2CCC(C3CCNCC3)CC2)CCC(c2ccc(Cl)cc2)=C(CN2CCN(c3ccc(C(=O)NS(=O)(=O)c4ccc(N[C@H](CCN5C[C@H]6C[C@@H]5CO6)CSc5ccccc5)c(S(=O)(=O)C(F)(F)F)c4)cc3)CC2)C1.Cl. The predicted molar refractivity (Wildman–Crippen MR) is 311 cm³/mol. The monoisotopic (exact) mass is 1190 g/mol. The van der Waals surface area contributed by atoms with Crippen molar-refractivity contribution in [2.45, 2.75) is 103 Å². The first-order valence-electron chi connectivity index (χ1n) is 27.7. The Kier molecular flexibility index (Phi) is 19.4. The van der Waals surface area contributed by atoms with Gasteiger partial charge in [0.15, 0.2) is 0 Å². The van der Waals surface area contributed by atoms with Gasteiger partial charge in [-0.05, 0) is 179 Å². The quantitative estimate of drug-likeness (QED) is 0.0768. The van der Waals surface area contributed by atoms with Crippen molar-refractivity contribution in [2.75, 3.05) is 101 Å². The smallest absolute Gasteiger partial charge is 0.380 e. The number of ether oxygens (including phenoxy) is 1. The van der Waals surface area contributed by atoms with Crippen LogP contribution in [0.4, 0.5) is 24.5 Å². The molecule has 5 aliphatic heterocycles. The number of anilines is 2. The summed E-state index contributed by atoms with van der Waals surface area (Å²) in [6.45, 7) is 14.2. The topological polar surface area (TPSA) is 144 Å². The van der Waals surface area contributed by atoms with E-state index in [4.69, 9.17) is 16.3 Å². The van der Waals surface area contributed by atoms with Crippen LogP contribution in [0.2, 0.25) is 5.02 Å². The minimum absolute atomic E-state index is 0. The summed E-state index contributed by atoms with van der Waals surface area (Å²) in [5.74, 6) is 1.08. The Hall–Kier alpha value is -3.89. The standard InChI is InChI=1S/C58H73ClF3N7O6S3.ClH/c1-57(40-67-26-20-42(21-27-67)41-18-24-63-25-19-41)23-17-53(43-7-11-46(59)12-8-43)45(35-57)36-66-29-31-68(32-30-66)48-13-9-44(10-14-48)56(70)65-78(73,74)52-15-16-54(55(34-52)77(71,72)58(60,61)62)64-47(39-76-51-5-3-2-4-6-51)22-28-69-37-50-33-49(69)38-75-50;/h2-16,34,41-42,47,49-50,63-64H,17-33,35-40H2,1H3,(H,65,70);1H/t47-,49-,50-,57?;/m1./s1. The predicted octanol–water partition coefficient (Wildman–Crippen LogP) is 10.1. The summed E-state index contributed by atoms with van der Waals surface area (Å²) in [5, 5.41) is 7.30. The van der Waals surface area contributed by atoms with Gasteiger partial charge in [-0.3, -0.25) is 14.6 Å². The van der Waals surface area contributed by atoms with Crippen LogP contribution in [0, 0.1) is 17.3 Å². The lowest BCUT2D eigenvalue weighted by Gasteiger charge is -2.45. The van der Waals surface area contributed by atoms with Crippen LogP contribution in [0.5, 0.6) is 0 Å². The number of halogens is 5. The number of piperidine rings is 2. The van der Waals surface area contributed by atoms with Crippen LogP contribution in [0.1, 0.15) is 80.6 Å². The summed E-state index contributed by atoms with van der Waals surface area (Å²) < 4.78 is 105. The lowest BCUT2D eigenvalue weighted by atomic mass is 9.70. The molecule has 0 radical (unpaired) electrons. The number of thioether (sulfide) groups is 1. The molecule has 1 unspecified atom stereocenters. The van der Waals surface area contributed by atoms with E-state index < -0.39 is 47.1 Å². The van der Waals surface area contributed by atoms with Gasteiger partial charge in [-0.15, -0.1) is 24.2 Å². The van der Waals surface area contributed by atoms with Gasteiger partial charge in [0.25, 0.3) is 25.8 Å². The van der Waals surface area contributed by atoms with Gasteiger partial charge in [0.1, 0.15) is 4.90 Å². The number of morpholine rings is 1. The zero-order chi connectivity index (χ0) is 54.7. The number of hydrogen-bond donors (Lipinski definition) is 3. The maximum absolute atomic E-state index is 14.3. The number of piperazine rings is 1. The Balaban J connectivity index is 0.00000757. The fourth-order valence-corrected chi connectivity index (χ4v) is 16.0. The first kappa shape index (κ1) is 59.7. The third-order valence-electron chi connectivity index (χ3n) is 17.2. The highest BCUT2D eigenvalue weighted by Gasteiger charge is 2.49. The molecule has 21 heteroatoms. The Morgan fingerprint density at radius 2 is 1.57 bits per heavy atom. The van der Waals surface area contributed by atoms with E-state index in [9.17, 15) is 34.8 Å². The van der Waals surface area contributed by atoms with E-state index in [-0.39, 0.29) is 41.2 Å². The summed E-state index contributed by atoms with van der Waals surface area (Å²) in [6.07, 6.45) is 9.94. The van der Waals surface area contributed by atoms with E-state index in [2.05, 4.69) is 49.3 Å². The van der Waals surface area contributed by atoms with Gasteiger partial charge >= 0.3 is 5.51 Å². The maximum Gasteiger partial charge on any atom is 0.501 e. The second-order valence-electron chi connectivity index (χ2n) is 22.7. The molecule has 4 aromatic carbocycles. The van der Waals surface area contributed by atoms with Gasteiger partial charge in [0, 0.05) is 91.4 Å². The molecule has 5 saturated heterocycles. The molecular weight excluding hydrogens is 1110 g/mol. The second-order valence-corrected chi connectivity index (χ2v) is 27.8. The van der Waals surface area contributed by atoms with Crippen LogP contribution < -0.4 is 20.3 Å². The minimum atomic E-state index is -6.07. The molecule has 5 heterocycles. The van der Waals surface area contributed by atoms with Crippen molar-refractivity contribution >= 4 is 78.5 Å². The molecule has 0 spiro atoms. The number of rotatable bonds is 19. The fourth-order valence-electron chi connectivity index (χ4n) is 12.9. The number of carbonyl (C=O) groups excluding carboxylic acids is 1. The van der Waals surface area contributed by atoms with Crippen molar-refractivity contribution in [3.8, 4) is 0 Å². The van der Waals surface area contributed by atoms with Crippen LogP contribution in [-0.2, 0) is 24.6 Å². The van der Waals surface area contributed by atoms with E-state index in [1.54, 1.807) is 12.1 Å². The summed E-state index contributed by atoms with van der Waals surface area (Å²) in [7, 11) is -10.9.